The molecule has 0 aromatic heterocycles. The second kappa shape index (κ2) is 9.30. The lowest BCUT2D eigenvalue weighted by atomic mass is 10.0. The lowest BCUT2D eigenvalue weighted by molar-refractivity contribution is -0.443. The van der Waals surface area contributed by atoms with E-state index in [1.54, 1.807) is 11.8 Å². The maximum Gasteiger partial charge on any atom is 0.280 e. The third-order valence-electron chi connectivity index (χ3n) is 5.01. The van der Waals surface area contributed by atoms with Crippen molar-refractivity contribution in [2.45, 2.75) is 29.6 Å². The third kappa shape index (κ3) is 5.60. The fourth-order valence-electron chi connectivity index (χ4n) is 3.47. The van der Waals surface area contributed by atoms with Gasteiger partial charge in [0.25, 0.3) is 6.34 Å². The van der Waals surface area contributed by atoms with Gasteiger partial charge in [-0.1, -0.05) is 28.7 Å². The number of rotatable bonds is 8. The molecule has 5 nitrogen and oxygen atoms in total. The summed E-state index contributed by atoms with van der Waals surface area (Å²) in [6.45, 7) is 1.95. The third-order valence-corrected chi connectivity index (χ3v) is 6.41. The minimum atomic E-state index is -0.640. The molecule has 7 heteroatoms. The Balaban J connectivity index is 1.39. The second-order valence-electron chi connectivity index (χ2n) is 7.30. The number of hydrogen-bond acceptors (Lipinski definition) is 5. The van der Waals surface area contributed by atoms with Crippen molar-refractivity contribution in [1.82, 2.24) is 0 Å². The Bertz CT molecular complexity index is 886. The van der Waals surface area contributed by atoms with Gasteiger partial charge in [-0.25, -0.2) is 4.58 Å². The Hall–Kier alpha value is -1.86. The maximum atomic E-state index is 6.48. The summed E-state index contributed by atoms with van der Waals surface area (Å²) in [7, 11) is 0. The number of thioether (sulfide) groups is 1. The first kappa shape index (κ1) is 20.4. The highest BCUT2D eigenvalue weighted by molar-refractivity contribution is 7.99. The molecule has 1 fully saturated rings. The second-order valence-corrected chi connectivity index (χ2v) is 8.83. The standard InChI is InChI=1S/C22H25ClN3O2S/c23-18-3-1-17(2-4-18)9-10-22(15-26-12-11-25-16-26)27-13-20(28-22)14-29-21-7-5-19(24)6-8-21/h1-8,12,16,20H,9-11,13-15,24H2/q+1/t20-,22-/m0/s1. The SMILES string of the molecule is Nc1ccc(SC[C@@H]2CO[C@](CCc3ccc(Cl)cc3)(C[N+]3=CCN=C3)O2)cc1. The molecular weight excluding hydrogens is 406 g/mol. The summed E-state index contributed by atoms with van der Waals surface area (Å²) in [5, 5.41) is 0.750. The summed E-state index contributed by atoms with van der Waals surface area (Å²) >= 11 is 7.77. The minimum absolute atomic E-state index is 0.0438. The summed E-state index contributed by atoms with van der Waals surface area (Å²) in [5.41, 5.74) is 7.77. The van der Waals surface area contributed by atoms with Crippen molar-refractivity contribution >= 4 is 41.6 Å². The molecule has 1 saturated heterocycles. The van der Waals surface area contributed by atoms with Crippen LogP contribution in [0, 0.1) is 0 Å². The number of anilines is 1. The highest BCUT2D eigenvalue weighted by Gasteiger charge is 2.43. The number of nitrogens with zero attached hydrogens (tertiary/aromatic N) is 2. The van der Waals surface area contributed by atoms with Crippen LogP contribution in [0.15, 0.2) is 58.4 Å². The zero-order valence-electron chi connectivity index (χ0n) is 16.2. The molecule has 2 aliphatic rings. The van der Waals surface area contributed by atoms with E-state index in [-0.39, 0.29) is 6.10 Å². The van der Waals surface area contributed by atoms with E-state index in [1.165, 1.54) is 10.5 Å². The minimum Gasteiger partial charge on any atom is -0.399 e. The van der Waals surface area contributed by atoms with Crippen LogP contribution in [0.2, 0.25) is 5.02 Å². The van der Waals surface area contributed by atoms with E-state index in [0.29, 0.717) is 19.7 Å². The number of nitrogen functional groups attached to an aromatic ring is 1. The molecule has 0 radical (unpaired) electrons. The number of ether oxygens (including phenoxy) is 2. The van der Waals surface area contributed by atoms with Crippen molar-refractivity contribution in [2.24, 2.45) is 4.99 Å². The Morgan fingerprint density at radius 2 is 1.97 bits per heavy atom. The fourth-order valence-corrected chi connectivity index (χ4v) is 4.46. The van der Waals surface area contributed by atoms with E-state index >= 15 is 0 Å². The van der Waals surface area contributed by atoms with Crippen LogP contribution in [0.25, 0.3) is 0 Å². The predicted octanol–water partition coefficient (Wildman–Crippen LogP) is 3.88. The normalized spacial score (nSPS) is 23.5. The van der Waals surface area contributed by atoms with Crippen LogP contribution in [-0.4, -0.2) is 54.5 Å². The average molecular weight is 431 g/mol. The largest absolute Gasteiger partial charge is 0.399 e. The Morgan fingerprint density at radius 1 is 1.17 bits per heavy atom. The van der Waals surface area contributed by atoms with Gasteiger partial charge in [-0.3, -0.25) is 0 Å². The zero-order chi connectivity index (χ0) is 20.1. The Labute approximate surface area is 180 Å². The first-order valence-corrected chi connectivity index (χ1v) is 11.1. The van der Waals surface area contributed by atoms with Gasteiger partial charge in [-0.05, 0) is 48.4 Å². The van der Waals surface area contributed by atoms with E-state index in [2.05, 4.69) is 27.9 Å². The zero-order valence-corrected chi connectivity index (χ0v) is 17.7. The Morgan fingerprint density at radius 3 is 2.69 bits per heavy atom. The van der Waals surface area contributed by atoms with E-state index in [1.807, 2.05) is 42.7 Å². The van der Waals surface area contributed by atoms with Gasteiger partial charge in [-0.2, -0.15) is 0 Å². The molecule has 0 unspecified atom stereocenters. The molecule has 2 aliphatic heterocycles. The maximum absolute atomic E-state index is 6.48. The smallest absolute Gasteiger partial charge is 0.280 e. The van der Waals surface area contributed by atoms with Crippen molar-refractivity contribution in [1.29, 1.82) is 0 Å². The molecular formula is C22H25ClN3O2S+. The van der Waals surface area contributed by atoms with Crippen molar-refractivity contribution in [3.63, 3.8) is 0 Å². The highest BCUT2D eigenvalue weighted by Crippen LogP contribution is 2.32. The highest BCUT2D eigenvalue weighted by atomic mass is 35.5. The fraction of sp³-hybridized carbons (Fsp3) is 0.364. The van der Waals surface area contributed by atoms with Gasteiger partial charge < -0.3 is 15.2 Å². The molecule has 152 valence electrons. The molecule has 0 spiro atoms. The van der Waals surface area contributed by atoms with Crippen LogP contribution in [0.5, 0.6) is 0 Å². The van der Waals surface area contributed by atoms with Crippen molar-refractivity contribution < 1.29 is 14.0 Å². The van der Waals surface area contributed by atoms with E-state index in [0.717, 1.165) is 29.3 Å². The van der Waals surface area contributed by atoms with Crippen LogP contribution in [-0.2, 0) is 15.9 Å². The van der Waals surface area contributed by atoms with Crippen molar-refractivity contribution in [3.8, 4) is 0 Å². The van der Waals surface area contributed by atoms with Crippen LogP contribution in [0.4, 0.5) is 5.69 Å². The number of halogens is 1. The first-order valence-electron chi connectivity index (χ1n) is 9.74. The van der Waals surface area contributed by atoms with Crippen molar-refractivity contribution in [3.05, 3.63) is 59.1 Å². The monoisotopic (exact) mass is 430 g/mol. The first-order chi connectivity index (χ1) is 14.1. The van der Waals surface area contributed by atoms with Crippen LogP contribution < -0.4 is 5.73 Å². The van der Waals surface area contributed by atoms with E-state index in [9.17, 15) is 0 Å². The van der Waals surface area contributed by atoms with Crippen LogP contribution in [0.3, 0.4) is 0 Å². The summed E-state index contributed by atoms with van der Waals surface area (Å²) < 4.78 is 14.8. The summed E-state index contributed by atoms with van der Waals surface area (Å²) in [6.07, 6.45) is 5.60. The Kier molecular flexibility index (Phi) is 6.55. The molecule has 4 rings (SSSR count). The topological polar surface area (TPSA) is 59.8 Å². The van der Waals surface area contributed by atoms with Crippen molar-refractivity contribution in [2.75, 3.05) is 31.2 Å². The van der Waals surface area contributed by atoms with E-state index in [4.69, 9.17) is 26.8 Å². The van der Waals surface area contributed by atoms with E-state index < -0.39 is 5.79 Å². The quantitative estimate of drug-likeness (QED) is 0.392. The number of aliphatic imine (C=N–C) groups is 1. The van der Waals surface area contributed by atoms with Gasteiger partial charge in [0.05, 0.1) is 12.7 Å². The van der Waals surface area contributed by atoms with Crippen LogP contribution >= 0.6 is 23.4 Å². The van der Waals surface area contributed by atoms with Gasteiger partial charge in [0.15, 0.2) is 6.54 Å². The molecule has 29 heavy (non-hydrogen) atoms. The molecule has 0 amide bonds. The number of hydrogen-bond donors (Lipinski definition) is 1. The summed E-state index contributed by atoms with van der Waals surface area (Å²) in [5.74, 6) is 0.198. The lowest BCUT2D eigenvalue weighted by Crippen LogP contribution is -2.41. The predicted molar refractivity (Wildman–Crippen MR) is 119 cm³/mol. The molecule has 0 saturated carbocycles. The number of benzene rings is 2. The molecule has 0 aliphatic carbocycles. The average Bonchev–Trinajstić information content (AvgIpc) is 3.38. The number of aryl methyl sites for hydroxylation is 1. The molecule has 2 atom stereocenters. The van der Waals surface area contributed by atoms with Gasteiger partial charge in [0, 0.05) is 27.8 Å². The van der Waals surface area contributed by atoms with Gasteiger partial charge in [0.2, 0.25) is 5.79 Å². The van der Waals surface area contributed by atoms with Gasteiger partial charge in [0.1, 0.15) is 12.8 Å². The molecule has 0 bridgehead atoms. The molecule has 2 N–H and O–H groups in total. The molecule has 2 aromatic rings. The number of nitrogens with two attached hydrogens (primary N) is 1. The molecule has 2 heterocycles. The lowest BCUT2D eigenvalue weighted by Gasteiger charge is -2.27. The molecule has 2 aromatic carbocycles. The summed E-state index contributed by atoms with van der Waals surface area (Å²) in [4.78, 5) is 5.46. The van der Waals surface area contributed by atoms with Gasteiger partial charge in [-0.15, -0.1) is 11.8 Å². The van der Waals surface area contributed by atoms with Gasteiger partial charge >= 0.3 is 0 Å². The van der Waals surface area contributed by atoms with Crippen LogP contribution in [0.1, 0.15) is 12.0 Å². The summed E-state index contributed by atoms with van der Waals surface area (Å²) in [6, 6.07) is 15.9.